The maximum atomic E-state index is 10.3. The lowest BCUT2D eigenvalue weighted by atomic mass is 9.79. The van der Waals surface area contributed by atoms with Gasteiger partial charge in [-0.3, -0.25) is 4.79 Å². The molecule has 0 aromatic heterocycles. The van der Waals surface area contributed by atoms with E-state index in [0.717, 1.165) is 12.8 Å². The van der Waals surface area contributed by atoms with Crippen LogP contribution in [0.2, 0.25) is 0 Å². The molecule has 0 aliphatic carbocycles. The predicted octanol–water partition coefficient (Wildman–Crippen LogP) is 5.55. The average molecular weight is 255 g/mol. The molecular weight excluding hydrogens is 223 g/mol. The second kappa shape index (κ2) is 14.5. The molecule has 0 aromatic carbocycles. The van der Waals surface area contributed by atoms with E-state index in [1.165, 1.54) is 70.6 Å². The summed E-state index contributed by atoms with van der Waals surface area (Å²) >= 11 is 0. The second-order valence-corrected chi connectivity index (χ2v) is 5.39. The number of carboxylic acids is 1. The zero-order chi connectivity index (χ0) is 13.5. The molecule has 0 amide bonds. The van der Waals surface area contributed by atoms with E-state index in [9.17, 15) is 4.79 Å². The average Bonchev–Trinajstić information content (AvgIpc) is 2.34. The lowest BCUT2D eigenvalue weighted by molar-refractivity contribution is -0.137. The van der Waals surface area contributed by atoms with Crippen molar-refractivity contribution in [3.8, 4) is 0 Å². The lowest BCUT2D eigenvalue weighted by Crippen LogP contribution is -1.93. The van der Waals surface area contributed by atoms with Gasteiger partial charge in [0.05, 0.1) is 0 Å². The molecule has 0 spiro atoms. The van der Waals surface area contributed by atoms with E-state index in [1.807, 2.05) is 0 Å². The van der Waals surface area contributed by atoms with Crippen LogP contribution in [0.25, 0.3) is 0 Å². The Bertz CT molecular complexity index is 178. The molecule has 0 aliphatic heterocycles. The van der Waals surface area contributed by atoms with Crippen LogP contribution in [0, 0.1) is 0 Å². The largest absolute Gasteiger partial charge is 0.481 e. The highest BCUT2D eigenvalue weighted by molar-refractivity contribution is 5.66. The molecule has 0 saturated carbocycles. The molecule has 0 aromatic rings. The Labute approximate surface area is 113 Å². The van der Waals surface area contributed by atoms with Crippen LogP contribution >= 0.6 is 0 Å². The van der Waals surface area contributed by atoms with Gasteiger partial charge in [0.1, 0.15) is 0 Å². The van der Waals surface area contributed by atoms with Crippen molar-refractivity contribution in [3.63, 3.8) is 0 Å². The van der Waals surface area contributed by atoms with Crippen LogP contribution in [0.15, 0.2) is 0 Å². The first-order valence-electron chi connectivity index (χ1n) is 7.99. The Morgan fingerprint density at radius 2 is 1.00 bits per heavy atom. The van der Waals surface area contributed by atoms with Gasteiger partial charge in [-0.05, 0) is 6.42 Å². The molecular formula is C16H32O2. The molecule has 2 nitrogen and oxygen atoms in total. The normalized spacial score (nSPS) is 10.7. The molecule has 0 aliphatic rings. The molecule has 1 N–H and O–H groups in total. The first kappa shape index (κ1) is 17.5. The van der Waals surface area contributed by atoms with Gasteiger partial charge >= 0.3 is 5.97 Å². The standard InChI is InChI=1S/C16H32O2/c1-2-3-4-5-6-7-8-9-10-11-12-13-14-15-16(17)18/h2-15H2,1H3,(H,17,18)/i4-1. The Hall–Kier alpha value is -0.530. The summed E-state index contributed by atoms with van der Waals surface area (Å²) in [5.74, 6) is -0.655. The van der Waals surface area contributed by atoms with Crippen LogP contribution in [0.3, 0.4) is 0 Å². The Morgan fingerprint density at radius 1 is 0.667 bits per heavy atom. The number of hydrogen-bond donors (Lipinski definition) is 1. The van der Waals surface area contributed by atoms with Gasteiger partial charge < -0.3 is 5.11 Å². The minimum absolute atomic E-state index is 0.345. The summed E-state index contributed by atoms with van der Waals surface area (Å²) in [6.45, 7) is 2.26. The fraction of sp³-hybridized carbons (Fsp3) is 0.938. The van der Waals surface area contributed by atoms with Crippen molar-refractivity contribution in [3.05, 3.63) is 0 Å². The summed E-state index contributed by atoms with van der Waals surface area (Å²) in [4.78, 5) is 10.3. The van der Waals surface area contributed by atoms with Gasteiger partial charge in [0.2, 0.25) is 0 Å². The molecule has 0 rings (SSSR count). The lowest BCUT2D eigenvalue weighted by Gasteiger charge is -2.02. The van der Waals surface area contributed by atoms with Gasteiger partial charge in [-0.1, -0.05) is 84.0 Å². The number of hydrogen-bond acceptors (Lipinski definition) is 1. The van der Waals surface area contributed by atoms with Gasteiger partial charge in [0.25, 0.3) is 0 Å². The van der Waals surface area contributed by atoms with Crippen molar-refractivity contribution in [1.29, 1.82) is 0 Å². The van der Waals surface area contributed by atoms with Gasteiger partial charge in [0, 0.05) is 6.42 Å². The van der Waals surface area contributed by atoms with Crippen molar-refractivity contribution >= 4 is 5.97 Å². The fourth-order valence-corrected chi connectivity index (χ4v) is 2.29. The topological polar surface area (TPSA) is 37.3 Å². The van der Waals surface area contributed by atoms with Gasteiger partial charge in [-0.15, -0.1) is 0 Å². The summed E-state index contributed by atoms with van der Waals surface area (Å²) in [6.07, 6.45) is 17.3. The highest BCUT2D eigenvalue weighted by Crippen LogP contribution is 2.12. The summed E-state index contributed by atoms with van der Waals surface area (Å²) in [7, 11) is 0. The van der Waals surface area contributed by atoms with Crippen molar-refractivity contribution in [2.24, 2.45) is 0 Å². The monoisotopic (exact) mass is 255 g/mol. The van der Waals surface area contributed by atoms with Crippen molar-refractivity contribution < 1.29 is 9.90 Å². The molecule has 0 saturated heterocycles. The molecule has 0 unspecified atom stereocenters. The van der Waals surface area contributed by atoms with Crippen LogP contribution in [-0.2, 0) is 4.79 Å². The van der Waals surface area contributed by atoms with E-state index in [1.54, 1.807) is 0 Å². The summed E-state index contributed by atoms with van der Waals surface area (Å²) in [6, 6.07) is 0. The predicted molar refractivity (Wildman–Crippen MR) is 77.9 cm³/mol. The van der Waals surface area contributed by atoms with E-state index in [-0.39, 0.29) is 0 Å². The van der Waals surface area contributed by atoms with Crippen LogP contribution in [0.5, 0.6) is 0 Å². The Kier molecular flexibility index (Phi) is 14.1. The highest BCUT2D eigenvalue weighted by atomic mass is 16.4. The minimum Gasteiger partial charge on any atom is -0.481 e. The molecule has 2 heteroatoms. The zero-order valence-electron chi connectivity index (χ0n) is 12.3. The van der Waals surface area contributed by atoms with E-state index in [0.29, 0.717) is 6.42 Å². The Morgan fingerprint density at radius 3 is 1.33 bits per heavy atom. The van der Waals surface area contributed by atoms with Crippen LogP contribution in [-0.4, -0.2) is 11.1 Å². The van der Waals surface area contributed by atoms with Crippen molar-refractivity contribution in [1.82, 2.24) is 0 Å². The van der Waals surface area contributed by atoms with E-state index < -0.39 is 5.97 Å². The van der Waals surface area contributed by atoms with E-state index in [2.05, 4.69) is 6.92 Å². The second-order valence-electron chi connectivity index (χ2n) is 5.39. The number of carboxylic acid groups (broad SMARTS) is 1. The maximum absolute atomic E-state index is 10.3. The smallest absolute Gasteiger partial charge is 0.303 e. The summed E-state index contributed by atoms with van der Waals surface area (Å²) in [5.41, 5.74) is 0. The summed E-state index contributed by atoms with van der Waals surface area (Å²) < 4.78 is 0. The number of aliphatic carboxylic acids is 1. The van der Waals surface area contributed by atoms with Crippen LogP contribution in [0.4, 0.5) is 0 Å². The fourth-order valence-electron chi connectivity index (χ4n) is 2.29. The first-order chi connectivity index (χ1) is 8.77. The van der Waals surface area contributed by atoms with E-state index >= 15 is 0 Å². The van der Waals surface area contributed by atoms with Gasteiger partial charge in [0.15, 0.2) is 0 Å². The first-order valence-corrected chi connectivity index (χ1v) is 7.99. The highest BCUT2D eigenvalue weighted by Gasteiger charge is 1.96. The molecule has 108 valence electrons. The number of unbranched alkanes of at least 4 members (excludes halogenated alkanes) is 12. The van der Waals surface area contributed by atoms with Crippen LogP contribution in [0.1, 0.15) is 96.8 Å². The molecule has 0 fully saturated rings. The molecule has 0 radical (unpaired) electrons. The van der Waals surface area contributed by atoms with Crippen molar-refractivity contribution in [2.45, 2.75) is 96.8 Å². The number of carbonyl (C=O) groups is 1. The van der Waals surface area contributed by atoms with Crippen molar-refractivity contribution in [2.75, 3.05) is 0 Å². The Balaban J connectivity index is 2.92. The molecule has 0 heterocycles. The summed E-state index contributed by atoms with van der Waals surface area (Å²) in [5, 5.41) is 8.49. The molecule has 18 heavy (non-hydrogen) atoms. The maximum Gasteiger partial charge on any atom is 0.303 e. The van der Waals surface area contributed by atoms with Gasteiger partial charge in [-0.25, -0.2) is 0 Å². The zero-order valence-corrected chi connectivity index (χ0v) is 12.3. The molecule has 0 bridgehead atoms. The van der Waals surface area contributed by atoms with Crippen LogP contribution < -0.4 is 0 Å². The number of rotatable bonds is 14. The molecule has 0 atom stereocenters. The van der Waals surface area contributed by atoms with E-state index in [4.69, 9.17) is 5.11 Å². The third kappa shape index (κ3) is 15.5. The quantitative estimate of drug-likeness (QED) is 0.413. The minimum atomic E-state index is -0.655. The SMILES string of the molecule is CCC[11CH2]CCCCCCCCCCCC(=O)O. The van der Waals surface area contributed by atoms with Gasteiger partial charge in [-0.2, -0.15) is 0 Å². The third-order valence-electron chi connectivity index (χ3n) is 3.49. The third-order valence-corrected chi connectivity index (χ3v) is 3.49.